The van der Waals surface area contributed by atoms with Crippen molar-refractivity contribution in [2.75, 3.05) is 25.2 Å². The van der Waals surface area contributed by atoms with Crippen LogP contribution in [-0.2, 0) is 17.8 Å². The fourth-order valence-corrected chi connectivity index (χ4v) is 3.70. The molecule has 1 aliphatic rings. The van der Waals surface area contributed by atoms with Gasteiger partial charge in [0.25, 0.3) is 0 Å². The van der Waals surface area contributed by atoms with Crippen LogP contribution in [-0.4, -0.2) is 30.8 Å². The minimum Gasteiger partial charge on any atom is -0.497 e. The zero-order valence-corrected chi connectivity index (χ0v) is 15.1. The summed E-state index contributed by atoms with van der Waals surface area (Å²) in [5, 5.41) is 0.896. The summed E-state index contributed by atoms with van der Waals surface area (Å²) in [7, 11) is 1.64. The lowest BCUT2D eigenvalue weighted by Crippen LogP contribution is -2.34. The van der Waals surface area contributed by atoms with Gasteiger partial charge in [-0.05, 0) is 37.3 Å². The van der Waals surface area contributed by atoms with E-state index in [4.69, 9.17) is 9.47 Å². The highest BCUT2D eigenvalue weighted by Gasteiger charge is 2.28. The summed E-state index contributed by atoms with van der Waals surface area (Å²) >= 11 is 0. The molecular weight excluding hydrogens is 328 g/mol. The second kappa shape index (κ2) is 6.75. The second-order valence-electron chi connectivity index (χ2n) is 6.33. The van der Waals surface area contributed by atoms with E-state index in [1.807, 2.05) is 43.3 Å². The molecule has 2 heterocycles. The Hall–Kier alpha value is -2.95. The number of fused-ring (bicyclic) bond motifs is 3. The van der Waals surface area contributed by atoms with Crippen LogP contribution >= 0.6 is 0 Å². The van der Waals surface area contributed by atoms with Gasteiger partial charge in [0.2, 0.25) is 0 Å². The maximum absolute atomic E-state index is 12.7. The molecule has 0 atom stereocenters. The highest BCUT2D eigenvalue weighted by molar-refractivity contribution is 6.06. The highest BCUT2D eigenvalue weighted by atomic mass is 16.5. The van der Waals surface area contributed by atoms with Crippen LogP contribution in [0, 0.1) is 0 Å². The number of nitrogens with zero attached hydrogens (tertiary/aromatic N) is 2. The third-order valence-corrected chi connectivity index (χ3v) is 4.91. The predicted molar refractivity (Wildman–Crippen MR) is 102 cm³/mol. The molecule has 0 N–H and O–H groups in total. The van der Waals surface area contributed by atoms with Crippen LogP contribution in [0.4, 0.5) is 5.69 Å². The number of ether oxygens (including phenoxy) is 2. The Balaban J connectivity index is 1.85. The first-order valence-corrected chi connectivity index (χ1v) is 8.89. The van der Waals surface area contributed by atoms with Crippen molar-refractivity contribution in [3.05, 3.63) is 59.8 Å². The molecule has 0 bridgehead atoms. The summed E-state index contributed by atoms with van der Waals surface area (Å²) in [6.07, 6.45) is 0. The van der Waals surface area contributed by atoms with E-state index in [9.17, 15) is 4.79 Å². The first-order valence-electron chi connectivity index (χ1n) is 8.89. The number of benzene rings is 2. The zero-order chi connectivity index (χ0) is 18.1. The van der Waals surface area contributed by atoms with Gasteiger partial charge < -0.3 is 18.9 Å². The maximum atomic E-state index is 12.7. The van der Waals surface area contributed by atoms with E-state index in [0.29, 0.717) is 18.7 Å². The number of anilines is 1. The summed E-state index contributed by atoms with van der Waals surface area (Å²) in [5.41, 5.74) is 3.87. The number of carbonyl (C=O) groups excluding carboxylic acids is 1. The number of carbonyl (C=O) groups is 1. The van der Waals surface area contributed by atoms with Crippen molar-refractivity contribution >= 4 is 22.6 Å². The summed E-state index contributed by atoms with van der Waals surface area (Å²) in [5.74, 6) is 0.473. The predicted octanol–water partition coefficient (Wildman–Crippen LogP) is 3.85. The second-order valence-corrected chi connectivity index (χ2v) is 6.33. The summed E-state index contributed by atoms with van der Waals surface area (Å²) < 4.78 is 13.0. The number of hydrogen-bond acceptors (Lipinski definition) is 4. The van der Waals surface area contributed by atoms with E-state index in [0.717, 1.165) is 41.1 Å². The van der Waals surface area contributed by atoms with Crippen molar-refractivity contribution in [1.82, 2.24) is 4.57 Å². The van der Waals surface area contributed by atoms with Crippen LogP contribution in [0.15, 0.2) is 48.5 Å². The molecule has 2 aromatic carbocycles. The van der Waals surface area contributed by atoms with E-state index in [2.05, 4.69) is 21.6 Å². The van der Waals surface area contributed by atoms with Crippen LogP contribution in [0.5, 0.6) is 5.75 Å². The van der Waals surface area contributed by atoms with Crippen molar-refractivity contribution in [3.8, 4) is 5.75 Å². The number of aromatic nitrogens is 1. The number of methoxy groups -OCH3 is 1. The molecule has 1 aliphatic heterocycles. The van der Waals surface area contributed by atoms with Gasteiger partial charge in [-0.3, -0.25) is 0 Å². The Bertz CT molecular complexity index is 947. The van der Waals surface area contributed by atoms with E-state index >= 15 is 0 Å². The molecule has 0 aliphatic carbocycles. The van der Waals surface area contributed by atoms with E-state index in [1.54, 1.807) is 7.11 Å². The molecule has 0 amide bonds. The average Bonchev–Trinajstić information content (AvgIpc) is 3.01. The minimum atomic E-state index is -0.269. The van der Waals surface area contributed by atoms with Crippen molar-refractivity contribution in [2.45, 2.75) is 20.0 Å². The lowest BCUT2D eigenvalue weighted by atomic mass is 10.1. The molecule has 0 fully saturated rings. The standard InChI is InChI=1S/C21H22N2O3/c1-3-26-21(24)20-17-13-16(25-2)9-10-18(17)23-12-11-22(14-19(20)23)15-7-5-4-6-8-15/h4-10,13H,3,11-12,14H2,1-2H3. The number of hydrogen-bond donors (Lipinski definition) is 0. The third kappa shape index (κ3) is 2.69. The molecular formula is C21H22N2O3. The Morgan fingerprint density at radius 3 is 2.65 bits per heavy atom. The van der Waals surface area contributed by atoms with Gasteiger partial charge in [0, 0.05) is 29.7 Å². The normalized spacial score (nSPS) is 13.5. The minimum absolute atomic E-state index is 0.269. The fraction of sp³-hybridized carbons (Fsp3) is 0.286. The molecule has 3 aromatic rings. The van der Waals surface area contributed by atoms with Crippen molar-refractivity contribution in [2.24, 2.45) is 0 Å². The van der Waals surface area contributed by atoms with Gasteiger partial charge >= 0.3 is 5.97 Å². The zero-order valence-electron chi connectivity index (χ0n) is 15.1. The van der Waals surface area contributed by atoms with E-state index in [-0.39, 0.29) is 5.97 Å². The summed E-state index contributed by atoms with van der Waals surface area (Å²) in [6, 6.07) is 16.2. The number of esters is 1. The Morgan fingerprint density at radius 2 is 1.92 bits per heavy atom. The Morgan fingerprint density at radius 1 is 1.12 bits per heavy atom. The first kappa shape index (κ1) is 16.5. The first-order chi connectivity index (χ1) is 12.7. The highest BCUT2D eigenvalue weighted by Crippen LogP contribution is 2.34. The van der Waals surface area contributed by atoms with Crippen molar-refractivity contribution in [3.63, 3.8) is 0 Å². The van der Waals surface area contributed by atoms with Crippen LogP contribution in [0.3, 0.4) is 0 Å². The molecule has 0 unspecified atom stereocenters. The molecule has 0 spiro atoms. The third-order valence-electron chi connectivity index (χ3n) is 4.91. The quantitative estimate of drug-likeness (QED) is 0.671. The SMILES string of the molecule is CCOC(=O)c1c2n(c3ccc(OC)cc13)CCN(c1ccccc1)C2. The molecule has 134 valence electrons. The van der Waals surface area contributed by atoms with Crippen LogP contribution < -0.4 is 9.64 Å². The smallest absolute Gasteiger partial charge is 0.340 e. The van der Waals surface area contributed by atoms with Gasteiger partial charge in [-0.2, -0.15) is 0 Å². The lowest BCUT2D eigenvalue weighted by Gasteiger charge is -2.31. The van der Waals surface area contributed by atoms with E-state index in [1.165, 1.54) is 0 Å². The molecule has 5 nitrogen and oxygen atoms in total. The molecule has 0 saturated carbocycles. The van der Waals surface area contributed by atoms with Gasteiger partial charge in [0.1, 0.15) is 5.75 Å². The topological polar surface area (TPSA) is 43.7 Å². The van der Waals surface area contributed by atoms with Gasteiger partial charge in [0.15, 0.2) is 0 Å². The number of rotatable bonds is 4. The summed E-state index contributed by atoms with van der Waals surface area (Å²) in [6.45, 7) is 4.59. The molecule has 0 radical (unpaired) electrons. The lowest BCUT2D eigenvalue weighted by molar-refractivity contribution is 0.0527. The molecule has 4 rings (SSSR count). The van der Waals surface area contributed by atoms with Gasteiger partial charge in [-0.25, -0.2) is 4.79 Å². The largest absolute Gasteiger partial charge is 0.497 e. The molecule has 26 heavy (non-hydrogen) atoms. The van der Waals surface area contributed by atoms with Gasteiger partial charge in [0.05, 0.1) is 31.5 Å². The van der Waals surface area contributed by atoms with Gasteiger partial charge in [-0.15, -0.1) is 0 Å². The Kier molecular flexibility index (Phi) is 4.29. The van der Waals surface area contributed by atoms with Crippen molar-refractivity contribution < 1.29 is 14.3 Å². The molecule has 5 heteroatoms. The van der Waals surface area contributed by atoms with Crippen molar-refractivity contribution in [1.29, 1.82) is 0 Å². The van der Waals surface area contributed by atoms with Gasteiger partial charge in [-0.1, -0.05) is 18.2 Å². The number of para-hydroxylation sites is 1. The summed E-state index contributed by atoms with van der Waals surface area (Å²) in [4.78, 5) is 15.0. The molecule has 0 saturated heterocycles. The van der Waals surface area contributed by atoms with Crippen LogP contribution in [0.25, 0.3) is 10.9 Å². The monoisotopic (exact) mass is 350 g/mol. The fourth-order valence-electron chi connectivity index (χ4n) is 3.70. The molecule has 1 aromatic heterocycles. The average molecular weight is 350 g/mol. The van der Waals surface area contributed by atoms with Crippen LogP contribution in [0.2, 0.25) is 0 Å². The van der Waals surface area contributed by atoms with E-state index < -0.39 is 0 Å². The Labute approximate surface area is 152 Å². The maximum Gasteiger partial charge on any atom is 0.340 e. The van der Waals surface area contributed by atoms with Crippen LogP contribution in [0.1, 0.15) is 23.0 Å².